The molecule has 0 radical (unpaired) electrons. The van der Waals surface area contributed by atoms with E-state index in [-0.39, 0.29) is 0 Å². The molecule has 1 fully saturated rings. The highest BCUT2D eigenvalue weighted by Gasteiger charge is 2.35. The van der Waals surface area contributed by atoms with E-state index in [1.54, 1.807) is 0 Å². The Morgan fingerprint density at radius 1 is 1.33 bits per heavy atom. The summed E-state index contributed by atoms with van der Waals surface area (Å²) in [6, 6.07) is 0. The van der Waals surface area contributed by atoms with Crippen LogP contribution in [0.3, 0.4) is 0 Å². The fourth-order valence-electron chi connectivity index (χ4n) is 3.15. The number of hydrogen-bond donors (Lipinski definition) is 0. The van der Waals surface area contributed by atoms with Crippen molar-refractivity contribution in [3.8, 4) is 0 Å². The molecule has 0 aromatic carbocycles. The average molecular weight is 360 g/mol. The molecule has 0 aromatic rings. The van der Waals surface area contributed by atoms with Crippen molar-refractivity contribution in [3.63, 3.8) is 0 Å². The zero-order chi connectivity index (χ0) is 13.9. The van der Waals surface area contributed by atoms with Crippen molar-refractivity contribution in [2.75, 3.05) is 0 Å². The molecule has 0 aliphatic heterocycles. The zero-order valence-electron chi connectivity index (χ0n) is 12.7. The van der Waals surface area contributed by atoms with E-state index in [4.69, 9.17) is 0 Å². The van der Waals surface area contributed by atoms with Gasteiger partial charge in [-0.15, -0.1) is 0 Å². The van der Waals surface area contributed by atoms with E-state index in [1.165, 1.54) is 30.4 Å². The van der Waals surface area contributed by atoms with Crippen LogP contribution in [0.5, 0.6) is 0 Å². The summed E-state index contributed by atoms with van der Waals surface area (Å²) in [5, 5.41) is 0. The minimum absolute atomic E-state index is 0.732. The van der Waals surface area contributed by atoms with Gasteiger partial charge in [-0.25, -0.2) is 0 Å². The van der Waals surface area contributed by atoms with Crippen molar-refractivity contribution in [2.45, 2.75) is 57.8 Å². The van der Waals surface area contributed by atoms with Crippen LogP contribution in [-0.4, -0.2) is 3.92 Å². The summed E-state index contributed by atoms with van der Waals surface area (Å²) in [4.78, 5) is 0. The van der Waals surface area contributed by atoms with Gasteiger partial charge in [0.2, 0.25) is 0 Å². The monoisotopic (exact) mass is 360 g/mol. The predicted octanol–water partition coefficient (Wildman–Crippen LogP) is 6.02. The first-order valence-electron chi connectivity index (χ1n) is 7.35. The summed E-state index contributed by atoms with van der Waals surface area (Å²) < 4.78 is 0.886. The molecular weight excluding hydrogens is 331 g/mol. The maximum atomic E-state index is 4.07. The molecule has 18 heavy (non-hydrogen) atoms. The van der Waals surface area contributed by atoms with Crippen LogP contribution in [0.1, 0.15) is 53.9 Å². The largest absolute Gasteiger partial charge is 0.0959 e. The van der Waals surface area contributed by atoms with Gasteiger partial charge in [0.25, 0.3) is 0 Å². The van der Waals surface area contributed by atoms with Crippen LogP contribution in [-0.2, 0) is 0 Å². The van der Waals surface area contributed by atoms with Gasteiger partial charge in [0.15, 0.2) is 0 Å². The highest BCUT2D eigenvalue weighted by molar-refractivity contribution is 14.1. The fraction of sp³-hybridized carbons (Fsp3) is 0.765. The van der Waals surface area contributed by atoms with Crippen molar-refractivity contribution in [2.24, 2.45) is 23.7 Å². The molecule has 0 saturated heterocycles. The van der Waals surface area contributed by atoms with E-state index in [0.717, 1.165) is 27.6 Å². The molecule has 0 aromatic heterocycles. The Labute approximate surface area is 127 Å². The molecule has 0 amide bonds. The minimum Gasteiger partial charge on any atom is -0.0959 e. The molecule has 0 spiro atoms. The maximum Gasteiger partial charge on any atom is 0.0141 e. The number of hydrogen-bond acceptors (Lipinski definition) is 0. The quantitative estimate of drug-likeness (QED) is 0.319. The normalized spacial score (nSPS) is 30.8. The molecule has 1 rings (SSSR count). The van der Waals surface area contributed by atoms with Gasteiger partial charge in [-0.3, -0.25) is 0 Å². The van der Waals surface area contributed by atoms with Gasteiger partial charge in [0.05, 0.1) is 0 Å². The van der Waals surface area contributed by atoms with E-state index >= 15 is 0 Å². The lowest BCUT2D eigenvalue weighted by Crippen LogP contribution is -2.17. The lowest BCUT2D eigenvalue weighted by atomic mass is 9.80. The van der Waals surface area contributed by atoms with Crippen LogP contribution in [0.25, 0.3) is 0 Å². The van der Waals surface area contributed by atoms with Crippen molar-refractivity contribution in [3.05, 3.63) is 23.8 Å². The van der Waals surface area contributed by atoms with E-state index in [0.29, 0.717) is 0 Å². The van der Waals surface area contributed by atoms with Crippen LogP contribution in [0.4, 0.5) is 0 Å². The Bertz CT molecular complexity index is 314. The lowest BCUT2D eigenvalue weighted by Gasteiger charge is -2.25. The molecule has 1 saturated carbocycles. The van der Waals surface area contributed by atoms with Crippen molar-refractivity contribution in [1.29, 1.82) is 0 Å². The Morgan fingerprint density at radius 3 is 2.33 bits per heavy atom. The Morgan fingerprint density at radius 2 is 1.94 bits per heavy atom. The molecule has 1 heteroatoms. The van der Waals surface area contributed by atoms with Gasteiger partial charge >= 0.3 is 0 Å². The third kappa shape index (κ3) is 4.11. The van der Waals surface area contributed by atoms with Crippen molar-refractivity contribution < 1.29 is 0 Å². The van der Waals surface area contributed by atoms with Crippen LogP contribution in [0.15, 0.2) is 23.8 Å². The fourth-order valence-corrected chi connectivity index (χ4v) is 4.61. The zero-order valence-corrected chi connectivity index (χ0v) is 14.8. The van der Waals surface area contributed by atoms with Crippen LogP contribution in [0.2, 0.25) is 0 Å². The van der Waals surface area contributed by atoms with Crippen LogP contribution >= 0.6 is 22.6 Å². The van der Waals surface area contributed by atoms with E-state index in [1.807, 2.05) is 0 Å². The Hall–Kier alpha value is 0.210. The smallest absolute Gasteiger partial charge is 0.0141 e. The first-order valence-corrected chi connectivity index (χ1v) is 8.59. The molecule has 0 bridgehead atoms. The van der Waals surface area contributed by atoms with Gasteiger partial charge in [0.1, 0.15) is 0 Å². The van der Waals surface area contributed by atoms with E-state index in [2.05, 4.69) is 69.9 Å². The molecule has 0 N–H and O–H groups in total. The Balaban J connectivity index is 2.82. The second-order valence-electron chi connectivity index (χ2n) is 6.37. The summed E-state index contributed by atoms with van der Waals surface area (Å²) in [5.41, 5.74) is 2.61. The second-order valence-corrected chi connectivity index (χ2v) is 7.97. The van der Waals surface area contributed by atoms with E-state index in [9.17, 15) is 0 Å². The van der Waals surface area contributed by atoms with Crippen LogP contribution in [0, 0.1) is 23.7 Å². The summed E-state index contributed by atoms with van der Waals surface area (Å²) >= 11 is 2.67. The van der Waals surface area contributed by atoms with Crippen molar-refractivity contribution in [1.82, 2.24) is 0 Å². The van der Waals surface area contributed by atoms with Gasteiger partial charge < -0.3 is 0 Å². The van der Waals surface area contributed by atoms with Gasteiger partial charge in [-0.1, -0.05) is 73.6 Å². The summed E-state index contributed by atoms with van der Waals surface area (Å²) in [6.45, 7) is 15.5. The SMILES string of the molecule is C=C(C)/C(C)=C\C(C(C)C)[C@H]1CC(I)[C@@H](CC)C1. The lowest BCUT2D eigenvalue weighted by molar-refractivity contribution is 0.306. The summed E-state index contributed by atoms with van der Waals surface area (Å²) in [7, 11) is 0. The summed E-state index contributed by atoms with van der Waals surface area (Å²) in [6.07, 6.45) is 6.67. The van der Waals surface area contributed by atoms with Gasteiger partial charge in [0, 0.05) is 3.92 Å². The molecule has 4 atom stereocenters. The minimum atomic E-state index is 0.732. The molecule has 2 unspecified atom stereocenters. The standard InChI is InChI=1S/C17H29I/c1-7-14-9-15(10-17(14)18)16(12(4)5)8-13(6)11(2)3/h8,12,14-17H,2,7,9-10H2,1,3-6H3/b13-8-/t14-,15+,16?,17?/m0/s1. The number of rotatable bonds is 5. The molecule has 104 valence electrons. The topological polar surface area (TPSA) is 0 Å². The molecule has 1 aliphatic carbocycles. The maximum absolute atomic E-state index is 4.07. The predicted molar refractivity (Wildman–Crippen MR) is 91.2 cm³/mol. The third-order valence-electron chi connectivity index (χ3n) is 4.60. The molecule has 0 heterocycles. The third-order valence-corrected chi connectivity index (χ3v) is 6.12. The Kier molecular flexibility index (Phi) is 6.43. The molecule has 1 aliphatic rings. The van der Waals surface area contributed by atoms with Crippen LogP contribution < -0.4 is 0 Å². The number of alkyl halides is 1. The second kappa shape index (κ2) is 7.12. The highest BCUT2D eigenvalue weighted by Crippen LogP contribution is 2.44. The van der Waals surface area contributed by atoms with E-state index < -0.39 is 0 Å². The summed E-state index contributed by atoms with van der Waals surface area (Å²) in [5.74, 6) is 3.29. The highest BCUT2D eigenvalue weighted by atomic mass is 127. The number of halogens is 1. The molecular formula is C17H29I. The average Bonchev–Trinajstić information content (AvgIpc) is 2.66. The van der Waals surface area contributed by atoms with Gasteiger partial charge in [-0.2, -0.15) is 0 Å². The first-order chi connectivity index (χ1) is 8.36. The van der Waals surface area contributed by atoms with Gasteiger partial charge in [-0.05, 0) is 50.4 Å². The van der Waals surface area contributed by atoms with Crippen molar-refractivity contribution >= 4 is 22.6 Å². The molecule has 0 nitrogen and oxygen atoms in total. The first kappa shape index (κ1) is 16.3. The number of allylic oxidation sites excluding steroid dienone is 3.